The number of piperazine rings is 1. The van der Waals surface area contributed by atoms with Gasteiger partial charge in [-0.25, -0.2) is 0 Å². The number of hydrogen-bond acceptors (Lipinski definition) is 5. The summed E-state index contributed by atoms with van der Waals surface area (Å²) in [5, 5.41) is 0. The molecule has 1 amide bonds. The largest absolute Gasteiger partial charge is 0.755 e. The molecule has 2 aliphatic heterocycles. The summed E-state index contributed by atoms with van der Waals surface area (Å²) in [4.78, 5) is 16.3. The van der Waals surface area contributed by atoms with Gasteiger partial charge in [0.1, 0.15) is 0 Å². The lowest BCUT2D eigenvalue weighted by molar-refractivity contribution is -0.136. The molecule has 0 aliphatic carbocycles. The number of carbonyl (C=O) groups is 1. The van der Waals surface area contributed by atoms with E-state index in [0.29, 0.717) is 32.2 Å². The molecule has 2 atom stereocenters. The Balaban J connectivity index is 1.66. The van der Waals surface area contributed by atoms with Crippen molar-refractivity contribution in [1.29, 1.82) is 0 Å². The average Bonchev–Trinajstić information content (AvgIpc) is 3.14. The number of ether oxygens (including phenoxy) is 1. The third-order valence-electron chi connectivity index (χ3n) is 4.91. The fourth-order valence-electron chi connectivity index (χ4n) is 3.48. The van der Waals surface area contributed by atoms with Crippen molar-refractivity contribution in [3.8, 4) is 0 Å². The molecule has 7 nitrogen and oxygen atoms in total. The summed E-state index contributed by atoms with van der Waals surface area (Å²) in [6, 6.07) is 2.85. The molecule has 2 unspecified atom stereocenters. The van der Waals surface area contributed by atoms with E-state index in [1.807, 2.05) is 0 Å². The van der Waals surface area contributed by atoms with Crippen molar-refractivity contribution in [1.82, 2.24) is 9.80 Å². The van der Waals surface area contributed by atoms with Crippen LogP contribution < -0.4 is 4.72 Å². The van der Waals surface area contributed by atoms with Crippen molar-refractivity contribution >= 4 is 22.9 Å². The molecule has 1 aromatic carbocycles. The second-order valence-electron chi connectivity index (χ2n) is 6.82. The summed E-state index contributed by atoms with van der Waals surface area (Å²) < 4.78 is 68.5. The van der Waals surface area contributed by atoms with Crippen LogP contribution in [0.2, 0.25) is 0 Å². The normalized spacial score (nSPS) is 22.3. The number of carbonyl (C=O) groups excluding carboxylic acids is 1. The minimum atomic E-state index is -4.79. The number of nitrogens with zero attached hydrogens (tertiary/aromatic N) is 2. The lowest BCUT2D eigenvalue weighted by Crippen LogP contribution is -2.50. The van der Waals surface area contributed by atoms with Crippen molar-refractivity contribution in [2.75, 3.05) is 44.1 Å². The van der Waals surface area contributed by atoms with E-state index in [0.717, 1.165) is 32.1 Å². The Bertz CT molecular complexity index is 733. The summed E-state index contributed by atoms with van der Waals surface area (Å²) >= 11 is -2.90. The molecule has 28 heavy (non-hydrogen) atoms. The van der Waals surface area contributed by atoms with Crippen LogP contribution in [0.5, 0.6) is 0 Å². The molecular weight excluding hydrogens is 399 g/mol. The molecule has 0 bridgehead atoms. The summed E-state index contributed by atoms with van der Waals surface area (Å²) in [5.74, 6) is -0.503. The van der Waals surface area contributed by atoms with Crippen LogP contribution in [0.3, 0.4) is 0 Å². The Morgan fingerprint density at radius 2 is 2.00 bits per heavy atom. The minimum absolute atomic E-state index is 0.123. The molecule has 0 saturated carbocycles. The first-order chi connectivity index (χ1) is 13.2. The Morgan fingerprint density at radius 3 is 2.57 bits per heavy atom. The van der Waals surface area contributed by atoms with Gasteiger partial charge < -0.3 is 18.9 Å². The molecule has 11 heteroatoms. The molecular formula is C17H21F3N3O4S-. The van der Waals surface area contributed by atoms with Gasteiger partial charge in [0.25, 0.3) is 5.91 Å². The van der Waals surface area contributed by atoms with Gasteiger partial charge >= 0.3 is 6.18 Å². The highest BCUT2D eigenvalue weighted by molar-refractivity contribution is 7.80. The van der Waals surface area contributed by atoms with Gasteiger partial charge in [-0.15, -0.1) is 0 Å². The Hall–Kier alpha value is -1.69. The van der Waals surface area contributed by atoms with Gasteiger partial charge in [0.2, 0.25) is 0 Å². The first-order valence-corrected chi connectivity index (χ1v) is 10.0. The van der Waals surface area contributed by atoms with Crippen LogP contribution in [0.4, 0.5) is 18.9 Å². The van der Waals surface area contributed by atoms with Gasteiger partial charge in [-0.1, -0.05) is 0 Å². The van der Waals surface area contributed by atoms with Gasteiger partial charge in [-0.2, -0.15) is 13.2 Å². The SMILES string of the molecule is O=C(c1ccc(NS(=O)[O-])c(C(F)(F)F)c1)N1CCN(CC2CCCO2)CC1. The second kappa shape index (κ2) is 8.76. The van der Waals surface area contributed by atoms with Crippen LogP contribution in [0.25, 0.3) is 0 Å². The molecule has 2 saturated heterocycles. The molecule has 2 heterocycles. The standard InChI is InChI=1S/C17H22F3N3O4S/c18-17(19,20)14-10-12(3-4-15(14)21-28(25)26)16(24)23-7-5-22(6-8-23)11-13-2-1-9-27-13/h3-4,10,13,21H,1-2,5-9,11H2,(H,25,26)/p-1. The predicted octanol–water partition coefficient (Wildman–Crippen LogP) is 1.85. The fraction of sp³-hybridized carbons (Fsp3) is 0.588. The molecule has 3 rings (SSSR count). The monoisotopic (exact) mass is 420 g/mol. The zero-order valence-electron chi connectivity index (χ0n) is 15.0. The first-order valence-electron chi connectivity index (χ1n) is 8.94. The van der Waals surface area contributed by atoms with Crippen LogP contribution in [0.1, 0.15) is 28.8 Å². The highest BCUT2D eigenvalue weighted by Gasteiger charge is 2.35. The van der Waals surface area contributed by atoms with Gasteiger partial charge in [0.05, 0.1) is 17.4 Å². The Labute approximate surface area is 163 Å². The van der Waals surface area contributed by atoms with E-state index in [4.69, 9.17) is 4.74 Å². The predicted molar refractivity (Wildman–Crippen MR) is 95.3 cm³/mol. The zero-order chi connectivity index (χ0) is 20.3. The summed E-state index contributed by atoms with van der Waals surface area (Å²) in [5.41, 5.74) is -1.93. The number of anilines is 1. The molecule has 1 N–H and O–H groups in total. The van der Waals surface area contributed by atoms with Crippen LogP contribution in [-0.2, 0) is 22.2 Å². The maximum Gasteiger partial charge on any atom is 0.418 e. The van der Waals surface area contributed by atoms with Crippen LogP contribution >= 0.6 is 0 Å². The minimum Gasteiger partial charge on any atom is -0.755 e. The number of rotatable bonds is 5. The molecule has 1 aromatic rings. The van der Waals surface area contributed by atoms with Crippen LogP contribution in [-0.4, -0.2) is 69.9 Å². The topological polar surface area (TPSA) is 84.9 Å². The van der Waals surface area contributed by atoms with Gasteiger partial charge in [-0.3, -0.25) is 13.9 Å². The maximum atomic E-state index is 13.2. The number of halogens is 3. The highest BCUT2D eigenvalue weighted by Crippen LogP contribution is 2.36. The lowest BCUT2D eigenvalue weighted by atomic mass is 10.1. The summed E-state index contributed by atoms with van der Waals surface area (Å²) in [6.45, 7) is 3.66. The van der Waals surface area contributed by atoms with E-state index in [1.54, 1.807) is 4.72 Å². The number of alkyl halides is 3. The van der Waals surface area contributed by atoms with E-state index in [2.05, 4.69) is 4.90 Å². The molecule has 2 aliphatic rings. The van der Waals surface area contributed by atoms with Crippen molar-refractivity contribution in [3.63, 3.8) is 0 Å². The average molecular weight is 420 g/mol. The van der Waals surface area contributed by atoms with Crippen LogP contribution in [0, 0.1) is 0 Å². The molecule has 0 radical (unpaired) electrons. The Morgan fingerprint density at radius 1 is 1.29 bits per heavy atom. The van der Waals surface area contributed by atoms with Gasteiger partial charge in [0.15, 0.2) is 0 Å². The second-order valence-corrected chi connectivity index (χ2v) is 7.50. The smallest absolute Gasteiger partial charge is 0.418 e. The third-order valence-corrected chi connectivity index (χ3v) is 5.30. The van der Waals surface area contributed by atoms with E-state index in [9.17, 15) is 26.7 Å². The first kappa shape index (κ1) is 21.0. The molecule has 156 valence electrons. The van der Waals surface area contributed by atoms with Crippen LogP contribution in [0.15, 0.2) is 18.2 Å². The van der Waals surface area contributed by atoms with Crippen molar-refractivity contribution in [3.05, 3.63) is 29.3 Å². The summed E-state index contributed by atoms with van der Waals surface area (Å²) in [6.07, 6.45) is -2.51. The van der Waals surface area contributed by atoms with Gasteiger partial charge in [0, 0.05) is 56.2 Å². The molecule has 2 fully saturated rings. The molecule has 0 spiro atoms. The third kappa shape index (κ3) is 5.22. The van der Waals surface area contributed by atoms with Crippen molar-refractivity contribution in [2.24, 2.45) is 0 Å². The fourth-order valence-corrected chi connectivity index (χ4v) is 3.84. The Kier molecular flexibility index (Phi) is 6.58. The number of nitrogens with one attached hydrogen (secondary N) is 1. The summed E-state index contributed by atoms with van der Waals surface area (Å²) in [7, 11) is 0. The molecule has 0 aromatic heterocycles. The van der Waals surface area contributed by atoms with Crippen molar-refractivity contribution in [2.45, 2.75) is 25.1 Å². The maximum absolute atomic E-state index is 13.2. The van der Waals surface area contributed by atoms with E-state index in [-0.39, 0.29) is 11.7 Å². The van der Waals surface area contributed by atoms with E-state index < -0.39 is 34.6 Å². The van der Waals surface area contributed by atoms with Crippen molar-refractivity contribution < 1.29 is 31.5 Å². The lowest BCUT2D eigenvalue weighted by Gasteiger charge is -2.35. The number of amides is 1. The van der Waals surface area contributed by atoms with E-state index in [1.165, 1.54) is 11.0 Å². The van der Waals surface area contributed by atoms with E-state index >= 15 is 0 Å². The highest BCUT2D eigenvalue weighted by atomic mass is 32.2. The quantitative estimate of drug-likeness (QED) is 0.735. The van der Waals surface area contributed by atoms with Gasteiger partial charge in [-0.05, 0) is 31.0 Å². The number of hydrogen-bond donors (Lipinski definition) is 1. The number of benzene rings is 1. The zero-order valence-corrected chi connectivity index (χ0v) is 15.9.